The summed E-state index contributed by atoms with van der Waals surface area (Å²) in [5.41, 5.74) is 1.88. The summed E-state index contributed by atoms with van der Waals surface area (Å²) < 4.78 is 0.866. The monoisotopic (exact) mass is 297 g/mol. The largest absolute Gasteiger partial charge is 0.378 e. The molecule has 82 valence electrons. The number of halogens is 2. The van der Waals surface area contributed by atoms with Crippen LogP contribution in [0.3, 0.4) is 0 Å². The van der Waals surface area contributed by atoms with Crippen LogP contribution in [0.15, 0.2) is 41.3 Å². The summed E-state index contributed by atoms with van der Waals surface area (Å²) in [7, 11) is 0. The number of hydrogen-bond donors (Lipinski definition) is 1. The van der Waals surface area contributed by atoms with E-state index in [-0.39, 0.29) is 0 Å². The van der Waals surface area contributed by atoms with Gasteiger partial charge in [0.25, 0.3) is 0 Å². The summed E-state index contributed by atoms with van der Waals surface area (Å²) >= 11 is 9.41. The van der Waals surface area contributed by atoms with Gasteiger partial charge in [-0.25, -0.2) is 9.97 Å². The van der Waals surface area contributed by atoms with Crippen LogP contribution in [0.4, 0.5) is 5.69 Å². The quantitative estimate of drug-likeness (QED) is 0.942. The molecule has 0 radical (unpaired) electrons. The van der Waals surface area contributed by atoms with E-state index >= 15 is 0 Å². The minimum Gasteiger partial charge on any atom is -0.378 e. The van der Waals surface area contributed by atoms with Crippen LogP contribution in [-0.4, -0.2) is 9.97 Å². The summed E-state index contributed by atoms with van der Waals surface area (Å²) in [5, 5.41) is 3.94. The fraction of sp³-hybridized carbons (Fsp3) is 0.0909. The van der Waals surface area contributed by atoms with E-state index in [0.29, 0.717) is 11.6 Å². The maximum atomic E-state index is 5.98. The first-order valence-electron chi connectivity index (χ1n) is 4.70. The molecule has 16 heavy (non-hydrogen) atoms. The molecule has 0 spiro atoms. The van der Waals surface area contributed by atoms with Gasteiger partial charge in [-0.15, -0.1) is 0 Å². The third kappa shape index (κ3) is 2.71. The van der Waals surface area contributed by atoms with Gasteiger partial charge in [0.15, 0.2) is 0 Å². The van der Waals surface area contributed by atoms with Crippen molar-refractivity contribution in [2.45, 2.75) is 6.54 Å². The molecule has 2 rings (SSSR count). The zero-order valence-corrected chi connectivity index (χ0v) is 10.7. The predicted octanol–water partition coefficient (Wildman–Crippen LogP) is 3.50. The van der Waals surface area contributed by atoms with Crippen molar-refractivity contribution in [2.24, 2.45) is 0 Å². The van der Waals surface area contributed by atoms with Crippen LogP contribution in [-0.2, 0) is 6.54 Å². The molecule has 0 aliphatic heterocycles. The minimum atomic E-state index is 0.640. The third-order valence-corrected chi connectivity index (χ3v) is 3.45. The van der Waals surface area contributed by atoms with E-state index in [9.17, 15) is 0 Å². The van der Waals surface area contributed by atoms with Gasteiger partial charge in [-0.05, 0) is 34.1 Å². The van der Waals surface area contributed by atoms with Gasteiger partial charge in [-0.3, -0.25) is 0 Å². The molecule has 0 aliphatic carbocycles. The topological polar surface area (TPSA) is 37.8 Å². The van der Waals surface area contributed by atoms with Crippen LogP contribution >= 0.6 is 27.5 Å². The summed E-state index contributed by atoms with van der Waals surface area (Å²) in [5.74, 6) is 0. The van der Waals surface area contributed by atoms with E-state index in [1.807, 2.05) is 24.3 Å². The Bertz CT molecular complexity index is 476. The van der Waals surface area contributed by atoms with Gasteiger partial charge in [0, 0.05) is 6.20 Å². The number of rotatable bonds is 3. The number of nitrogens with one attached hydrogen (secondary N) is 1. The zero-order chi connectivity index (χ0) is 11.4. The van der Waals surface area contributed by atoms with Crippen LogP contribution in [0, 0.1) is 0 Å². The molecule has 0 amide bonds. The molecule has 5 heteroatoms. The lowest BCUT2D eigenvalue weighted by Gasteiger charge is -2.08. The zero-order valence-electron chi connectivity index (χ0n) is 8.32. The number of nitrogens with zero attached hydrogens (tertiary/aromatic N) is 2. The molecule has 0 fully saturated rings. The van der Waals surface area contributed by atoms with Crippen molar-refractivity contribution in [1.82, 2.24) is 9.97 Å². The number of hydrogen-bond acceptors (Lipinski definition) is 3. The minimum absolute atomic E-state index is 0.640. The molecule has 3 nitrogen and oxygen atoms in total. The molecule has 1 aromatic carbocycles. The SMILES string of the molecule is Clc1cccc(NCc2ccncn2)c1Br. The fourth-order valence-corrected chi connectivity index (χ4v) is 1.83. The molecule has 0 saturated heterocycles. The highest BCUT2D eigenvalue weighted by atomic mass is 79.9. The molecule has 1 heterocycles. The maximum absolute atomic E-state index is 5.98. The first kappa shape index (κ1) is 11.4. The van der Waals surface area contributed by atoms with Crippen molar-refractivity contribution in [3.05, 3.63) is 52.0 Å². The van der Waals surface area contributed by atoms with Gasteiger partial charge >= 0.3 is 0 Å². The Labute approximate surface area is 107 Å². The van der Waals surface area contributed by atoms with Crippen LogP contribution in [0.25, 0.3) is 0 Å². The smallest absolute Gasteiger partial charge is 0.115 e. The van der Waals surface area contributed by atoms with E-state index in [0.717, 1.165) is 15.9 Å². The highest BCUT2D eigenvalue weighted by molar-refractivity contribution is 9.10. The summed E-state index contributed by atoms with van der Waals surface area (Å²) in [6.07, 6.45) is 3.25. The van der Waals surface area contributed by atoms with E-state index < -0.39 is 0 Å². The van der Waals surface area contributed by atoms with Crippen molar-refractivity contribution >= 4 is 33.2 Å². The molecule has 2 aromatic rings. The molecule has 0 aliphatic rings. The van der Waals surface area contributed by atoms with Crippen molar-refractivity contribution < 1.29 is 0 Å². The lowest BCUT2D eigenvalue weighted by atomic mass is 10.3. The average Bonchev–Trinajstić information content (AvgIpc) is 2.32. The lowest BCUT2D eigenvalue weighted by molar-refractivity contribution is 1.01. The molecule has 1 N–H and O–H groups in total. The van der Waals surface area contributed by atoms with Crippen LogP contribution in [0.5, 0.6) is 0 Å². The summed E-state index contributed by atoms with van der Waals surface area (Å²) in [6.45, 7) is 0.640. The molecule has 0 bridgehead atoms. The highest BCUT2D eigenvalue weighted by Crippen LogP contribution is 2.30. The Morgan fingerprint density at radius 3 is 2.94 bits per heavy atom. The van der Waals surface area contributed by atoms with Crippen molar-refractivity contribution in [3.8, 4) is 0 Å². The van der Waals surface area contributed by atoms with Gasteiger partial charge < -0.3 is 5.32 Å². The Kier molecular flexibility index (Phi) is 3.74. The van der Waals surface area contributed by atoms with Crippen LogP contribution in [0.2, 0.25) is 5.02 Å². The molecule has 0 unspecified atom stereocenters. The van der Waals surface area contributed by atoms with E-state index in [1.54, 1.807) is 6.20 Å². The fourth-order valence-electron chi connectivity index (χ4n) is 1.25. The number of aromatic nitrogens is 2. The molecule has 0 atom stereocenters. The van der Waals surface area contributed by atoms with Crippen LogP contribution in [0.1, 0.15) is 5.69 Å². The molecular weight excluding hydrogens is 289 g/mol. The third-order valence-electron chi connectivity index (χ3n) is 2.05. The van der Waals surface area contributed by atoms with Gasteiger partial charge in [0.2, 0.25) is 0 Å². The second-order valence-corrected chi connectivity index (χ2v) is 4.36. The van der Waals surface area contributed by atoms with Gasteiger partial charge in [0.05, 0.1) is 27.4 Å². The normalized spacial score (nSPS) is 10.1. The number of benzene rings is 1. The number of anilines is 1. The molecule has 1 aromatic heterocycles. The summed E-state index contributed by atoms with van der Waals surface area (Å²) in [4.78, 5) is 7.99. The van der Waals surface area contributed by atoms with Crippen molar-refractivity contribution in [2.75, 3.05) is 5.32 Å². The van der Waals surface area contributed by atoms with Crippen molar-refractivity contribution in [3.63, 3.8) is 0 Å². The van der Waals surface area contributed by atoms with Gasteiger partial charge in [-0.2, -0.15) is 0 Å². The first-order chi connectivity index (χ1) is 7.77. The lowest BCUT2D eigenvalue weighted by Crippen LogP contribution is -2.02. The Morgan fingerprint density at radius 1 is 1.31 bits per heavy atom. The van der Waals surface area contributed by atoms with Gasteiger partial charge in [0.1, 0.15) is 6.33 Å². The standard InChI is InChI=1S/C11H9BrClN3/c12-11-9(13)2-1-3-10(11)15-6-8-4-5-14-7-16-8/h1-5,7,15H,6H2. The van der Waals surface area contributed by atoms with Crippen LogP contribution < -0.4 is 5.32 Å². The molecule has 0 saturated carbocycles. The van der Waals surface area contributed by atoms with Gasteiger partial charge in [-0.1, -0.05) is 17.7 Å². The highest BCUT2D eigenvalue weighted by Gasteiger charge is 2.03. The summed E-state index contributed by atoms with van der Waals surface area (Å²) in [6, 6.07) is 7.56. The Morgan fingerprint density at radius 2 is 2.19 bits per heavy atom. The van der Waals surface area contributed by atoms with Crippen molar-refractivity contribution in [1.29, 1.82) is 0 Å². The Balaban J connectivity index is 2.08. The Hall–Kier alpha value is -1.13. The van der Waals surface area contributed by atoms with E-state index in [2.05, 4.69) is 31.2 Å². The second kappa shape index (κ2) is 5.27. The average molecular weight is 299 g/mol. The predicted molar refractivity (Wildman–Crippen MR) is 68.5 cm³/mol. The second-order valence-electron chi connectivity index (χ2n) is 3.16. The maximum Gasteiger partial charge on any atom is 0.115 e. The van der Waals surface area contributed by atoms with E-state index in [1.165, 1.54) is 6.33 Å². The first-order valence-corrected chi connectivity index (χ1v) is 5.87. The van der Waals surface area contributed by atoms with E-state index in [4.69, 9.17) is 11.6 Å². The molecular formula is C11H9BrClN3.